The smallest absolute Gasteiger partial charge is 0.236 e. The molecule has 0 radical (unpaired) electrons. The van der Waals surface area contributed by atoms with Crippen molar-refractivity contribution in [3.05, 3.63) is 76.3 Å². The monoisotopic (exact) mass is 478 g/mol. The van der Waals surface area contributed by atoms with Crippen molar-refractivity contribution >= 4 is 17.5 Å². The van der Waals surface area contributed by atoms with Gasteiger partial charge in [0.2, 0.25) is 17.5 Å². The Morgan fingerprint density at radius 3 is 2.38 bits per heavy atom. The van der Waals surface area contributed by atoms with Gasteiger partial charge in [0, 0.05) is 11.6 Å². The fourth-order valence-corrected chi connectivity index (χ4v) is 4.40. The second kappa shape index (κ2) is 11.4. The summed E-state index contributed by atoms with van der Waals surface area (Å²) in [7, 11) is 0. The molecule has 1 unspecified atom stereocenters. The molecule has 1 aliphatic heterocycles. The van der Waals surface area contributed by atoms with Gasteiger partial charge >= 0.3 is 0 Å². The van der Waals surface area contributed by atoms with Crippen molar-refractivity contribution in [2.24, 2.45) is 0 Å². The third-order valence-electron chi connectivity index (χ3n) is 6.23. The molecule has 6 nitrogen and oxygen atoms in total. The molecule has 34 heavy (non-hydrogen) atoms. The van der Waals surface area contributed by atoms with Crippen LogP contribution in [-0.4, -0.2) is 29.5 Å². The van der Waals surface area contributed by atoms with E-state index in [1.54, 1.807) is 24.3 Å². The molecule has 1 fully saturated rings. The van der Waals surface area contributed by atoms with Crippen LogP contribution in [0.15, 0.2) is 52.9 Å². The van der Waals surface area contributed by atoms with Crippen LogP contribution in [0.5, 0.6) is 5.75 Å². The third-order valence-corrected chi connectivity index (χ3v) is 6.48. The quantitative estimate of drug-likeness (QED) is 0.376. The summed E-state index contributed by atoms with van der Waals surface area (Å²) in [6.45, 7) is 7.31. The molecule has 7 heteroatoms. The van der Waals surface area contributed by atoms with Crippen molar-refractivity contribution in [1.82, 2.24) is 9.88 Å². The van der Waals surface area contributed by atoms with E-state index in [2.05, 4.69) is 59.4 Å². The first kappa shape index (κ1) is 24.1. The zero-order chi connectivity index (χ0) is 23.9. The number of halogens is 1. The summed E-state index contributed by atoms with van der Waals surface area (Å²) in [5, 5.41) is 13.6. The first-order chi connectivity index (χ1) is 16.5. The summed E-state index contributed by atoms with van der Waals surface area (Å²) in [4.78, 5) is 6.82. The maximum Gasteiger partial charge on any atom is 0.236 e. The minimum Gasteiger partial charge on any atom is -0.484 e. The van der Waals surface area contributed by atoms with Crippen LogP contribution in [0.4, 0.5) is 5.88 Å². The lowest BCUT2D eigenvalue weighted by Gasteiger charge is -2.35. The number of anilines is 1. The topological polar surface area (TPSA) is 74.3 Å². The molecule has 0 aliphatic carbocycles. The minimum atomic E-state index is 0.129. The first-order valence-corrected chi connectivity index (χ1v) is 12.3. The molecule has 1 aliphatic rings. The van der Waals surface area contributed by atoms with Gasteiger partial charge in [0.25, 0.3) is 0 Å². The summed E-state index contributed by atoms with van der Waals surface area (Å²) in [5.74, 6) is 1.90. The van der Waals surface area contributed by atoms with Gasteiger partial charge in [0.05, 0.1) is 6.04 Å². The van der Waals surface area contributed by atoms with Crippen molar-refractivity contribution in [2.75, 3.05) is 25.0 Å². The molecule has 178 valence electrons. The number of ether oxygens (including phenoxy) is 1. The summed E-state index contributed by atoms with van der Waals surface area (Å²) in [6, 6.07) is 18.3. The van der Waals surface area contributed by atoms with Gasteiger partial charge in [-0.2, -0.15) is 10.2 Å². The highest BCUT2D eigenvalue weighted by atomic mass is 35.5. The van der Waals surface area contributed by atoms with Crippen molar-refractivity contribution < 1.29 is 9.15 Å². The number of piperidine rings is 1. The number of aromatic nitrogens is 1. The second-order valence-corrected chi connectivity index (χ2v) is 9.39. The number of likely N-dealkylation sites (tertiary alicyclic amines) is 1. The Morgan fingerprint density at radius 2 is 1.74 bits per heavy atom. The molecule has 1 aromatic heterocycles. The molecule has 0 bridgehead atoms. The van der Waals surface area contributed by atoms with Crippen LogP contribution in [0.25, 0.3) is 0 Å². The van der Waals surface area contributed by atoms with Gasteiger partial charge < -0.3 is 14.5 Å². The van der Waals surface area contributed by atoms with Gasteiger partial charge in [-0.15, -0.1) is 0 Å². The molecule has 1 atom stereocenters. The van der Waals surface area contributed by atoms with Gasteiger partial charge in [-0.3, -0.25) is 4.90 Å². The number of nitrogens with one attached hydrogen (secondary N) is 1. The van der Waals surface area contributed by atoms with Crippen molar-refractivity contribution in [3.63, 3.8) is 0 Å². The standard InChI is InChI=1S/C27H31ClN4O2/c1-19(2)20-6-8-21(9-7-20)25(32-14-4-3-5-15-32)17-30-27-24(16-29)31-26(34-27)18-33-23-12-10-22(28)11-13-23/h6-13,19,25,30H,3-5,14-15,17-18H2,1-2H3. The van der Waals surface area contributed by atoms with Gasteiger partial charge in [-0.25, -0.2) is 0 Å². The fourth-order valence-electron chi connectivity index (χ4n) is 4.28. The number of hydrogen-bond donors (Lipinski definition) is 1. The predicted molar refractivity (Wildman–Crippen MR) is 134 cm³/mol. The maximum absolute atomic E-state index is 9.58. The molecule has 3 aromatic rings. The summed E-state index contributed by atoms with van der Waals surface area (Å²) in [6.07, 6.45) is 3.69. The zero-order valence-corrected chi connectivity index (χ0v) is 20.5. The number of nitriles is 1. The van der Waals surface area contributed by atoms with E-state index < -0.39 is 0 Å². The van der Waals surface area contributed by atoms with Crippen LogP contribution in [0.2, 0.25) is 5.02 Å². The Hall–Kier alpha value is -3.01. The first-order valence-electron chi connectivity index (χ1n) is 11.9. The number of oxazole rings is 1. The maximum atomic E-state index is 9.58. The Kier molecular flexibility index (Phi) is 8.10. The van der Waals surface area contributed by atoms with E-state index >= 15 is 0 Å². The van der Waals surface area contributed by atoms with Crippen molar-refractivity contribution in [2.45, 2.75) is 51.7 Å². The van der Waals surface area contributed by atoms with E-state index in [1.165, 1.54) is 30.4 Å². The van der Waals surface area contributed by atoms with E-state index in [9.17, 15) is 5.26 Å². The molecule has 1 saturated heterocycles. The van der Waals surface area contributed by atoms with Crippen molar-refractivity contribution in [1.29, 1.82) is 5.26 Å². The molecular weight excluding hydrogens is 448 g/mol. The average Bonchev–Trinajstić information content (AvgIpc) is 3.27. The highest BCUT2D eigenvalue weighted by molar-refractivity contribution is 6.30. The molecule has 4 rings (SSSR count). The molecular formula is C27H31ClN4O2. The predicted octanol–water partition coefficient (Wildman–Crippen LogP) is 6.54. The van der Waals surface area contributed by atoms with Gasteiger partial charge in [0.1, 0.15) is 11.8 Å². The SMILES string of the molecule is CC(C)c1ccc(C(CNc2oc(COc3ccc(Cl)cc3)nc2C#N)N2CCCCC2)cc1. The van der Waals surface area contributed by atoms with Gasteiger partial charge in [0.15, 0.2) is 6.61 Å². The Morgan fingerprint density at radius 1 is 1.06 bits per heavy atom. The molecule has 2 heterocycles. The highest BCUT2D eigenvalue weighted by Crippen LogP contribution is 2.28. The van der Waals surface area contributed by atoms with Crippen LogP contribution >= 0.6 is 11.6 Å². The number of rotatable bonds is 9. The molecule has 2 aromatic carbocycles. The Bertz CT molecular complexity index is 1100. The fraction of sp³-hybridized carbons (Fsp3) is 0.407. The summed E-state index contributed by atoms with van der Waals surface area (Å²) < 4.78 is 11.6. The van der Waals surface area contributed by atoms with Crippen molar-refractivity contribution in [3.8, 4) is 11.8 Å². The Labute approximate surface area is 206 Å². The molecule has 0 amide bonds. The number of hydrogen-bond acceptors (Lipinski definition) is 6. The van der Waals surface area contributed by atoms with E-state index in [4.69, 9.17) is 20.8 Å². The second-order valence-electron chi connectivity index (χ2n) is 8.95. The van der Waals surface area contributed by atoms with Gasteiger partial charge in [-0.1, -0.05) is 56.1 Å². The van der Waals surface area contributed by atoms with E-state index in [0.29, 0.717) is 35.0 Å². The average molecular weight is 479 g/mol. The highest BCUT2D eigenvalue weighted by Gasteiger charge is 2.24. The largest absolute Gasteiger partial charge is 0.484 e. The lowest BCUT2D eigenvalue weighted by Crippen LogP contribution is -2.37. The summed E-state index contributed by atoms with van der Waals surface area (Å²) >= 11 is 5.92. The van der Waals surface area contributed by atoms with Crippen LogP contribution < -0.4 is 10.1 Å². The zero-order valence-electron chi connectivity index (χ0n) is 19.8. The number of nitrogens with zero attached hydrogens (tertiary/aromatic N) is 3. The lowest BCUT2D eigenvalue weighted by molar-refractivity contribution is 0.170. The van der Waals surface area contributed by atoms with Crippen LogP contribution in [0, 0.1) is 11.3 Å². The van der Waals surface area contributed by atoms with E-state index in [0.717, 1.165) is 13.1 Å². The molecule has 1 N–H and O–H groups in total. The minimum absolute atomic E-state index is 0.129. The molecule has 0 spiro atoms. The van der Waals surface area contributed by atoms with Crippen LogP contribution in [-0.2, 0) is 6.61 Å². The molecule has 0 saturated carbocycles. The van der Waals surface area contributed by atoms with Crippen LogP contribution in [0.1, 0.15) is 67.8 Å². The van der Waals surface area contributed by atoms with E-state index in [-0.39, 0.29) is 18.3 Å². The lowest BCUT2D eigenvalue weighted by atomic mass is 9.97. The normalized spacial score (nSPS) is 15.1. The Balaban J connectivity index is 1.46. The number of benzene rings is 2. The third kappa shape index (κ3) is 6.11. The summed E-state index contributed by atoms with van der Waals surface area (Å²) in [5.41, 5.74) is 2.84. The van der Waals surface area contributed by atoms with E-state index in [1.807, 2.05) is 0 Å². The van der Waals surface area contributed by atoms with Gasteiger partial charge in [-0.05, 0) is 67.2 Å². The van der Waals surface area contributed by atoms with Crippen LogP contribution in [0.3, 0.4) is 0 Å².